The van der Waals surface area contributed by atoms with E-state index in [9.17, 15) is 4.79 Å². The average Bonchev–Trinajstić information content (AvgIpc) is 3.18. The van der Waals surface area contributed by atoms with Gasteiger partial charge in [0, 0.05) is 32.9 Å². The predicted molar refractivity (Wildman–Crippen MR) is 93.4 cm³/mol. The van der Waals surface area contributed by atoms with Crippen molar-refractivity contribution in [1.29, 1.82) is 0 Å². The van der Waals surface area contributed by atoms with Crippen LogP contribution in [0.2, 0.25) is 0 Å². The van der Waals surface area contributed by atoms with Gasteiger partial charge in [0.25, 0.3) is 5.91 Å². The number of nitrogens with one attached hydrogen (secondary N) is 1. The van der Waals surface area contributed by atoms with Crippen LogP contribution in [0.1, 0.15) is 35.1 Å². The zero-order valence-corrected chi connectivity index (χ0v) is 15.3. The monoisotopic (exact) mass is 346 g/mol. The Labute approximate surface area is 147 Å². The molecule has 2 aromatic heterocycles. The fourth-order valence-electron chi connectivity index (χ4n) is 3.66. The molecule has 1 fully saturated rings. The van der Waals surface area contributed by atoms with Crippen LogP contribution in [0.3, 0.4) is 0 Å². The lowest BCUT2D eigenvalue weighted by Crippen LogP contribution is -2.42. The van der Waals surface area contributed by atoms with E-state index in [1.165, 1.54) is 5.69 Å². The van der Waals surface area contributed by atoms with E-state index < -0.39 is 0 Å². The molecule has 1 amide bonds. The summed E-state index contributed by atoms with van der Waals surface area (Å²) in [5.74, 6) is 0.731. The summed E-state index contributed by atoms with van der Waals surface area (Å²) in [4.78, 5) is 19.0. The number of methoxy groups -OCH3 is 1. The highest BCUT2D eigenvalue weighted by atomic mass is 16.5. The number of carbonyl (C=O) groups excluding carboxylic acids is 1. The molecule has 0 unspecified atom stereocenters. The Kier molecular flexibility index (Phi) is 5.08. The van der Waals surface area contributed by atoms with Gasteiger partial charge in [-0.15, -0.1) is 0 Å². The molecule has 1 saturated heterocycles. The Morgan fingerprint density at radius 3 is 2.84 bits per heavy atom. The summed E-state index contributed by atoms with van der Waals surface area (Å²) in [6.45, 7) is 1.66. The molecular weight excluding hydrogens is 320 g/mol. The number of aromatic nitrogens is 4. The van der Waals surface area contributed by atoms with Crippen molar-refractivity contribution in [2.45, 2.75) is 18.9 Å². The molecular formula is C17H26N6O2. The molecule has 1 aliphatic heterocycles. The van der Waals surface area contributed by atoms with Gasteiger partial charge in [-0.25, -0.2) is 9.67 Å². The molecule has 0 bridgehead atoms. The zero-order valence-electron chi connectivity index (χ0n) is 15.3. The van der Waals surface area contributed by atoms with Gasteiger partial charge in [-0.2, -0.15) is 5.10 Å². The highest BCUT2D eigenvalue weighted by molar-refractivity contribution is 5.92. The van der Waals surface area contributed by atoms with E-state index in [0.717, 1.165) is 19.4 Å². The van der Waals surface area contributed by atoms with Gasteiger partial charge in [0.1, 0.15) is 0 Å². The highest BCUT2D eigenvalue weighted by Crippen LogP contribution is 2.34. The maximum atomic E-state index is 12.4. The van der Waals surface area contributed by atoms with E-state index >= 15 is 0 Å². The Hall–Kier alpha value is -2.35. The maximum Gasteiger partial charge on any atom is 0.271 e. The molecule has 1 N–H and O–H groups in total. The second kappa shape index (κ2) is 7.26. The molecule has 0 radical (unpaired) electrons. The topological polar surface area (TPSA) is 77.2 Å². The first-order valence-electron chi connectivity index (χ1n) is 8.54. The third-order valence-electron chi connectivity index (χ3n) is 4.97. The summed E-state index contributed by atoms with van der Waals surface area (Å²) >= 11 is 0. The first kappa shape index (κ1) is 17.5. The Morgan fingerprint density at radius 1 is 1.40 bits per heavy atom. The summed E-state index contributed by atoms with van der Waals surface area (Å²) in [7, 11) is 7.47. The number of aryl methyl sites for hydroxylation is 2. The molecule has 8 heteroatoms. The van der Waals surface area contributed by atoms with E-state index in [1.54, 1.807) is 24.9 Å². The Bertz CT molecular complexity index is 737. The van der Waals surface area contributed by atoms with Crippen molar-refractivity contribution < 1.29 is 9.53 Å². The van der Waals surface area contributed by atoms with Gasteiger partial charge < -0.3 is 14.6 Å². The Balaban J connectivity index is 1.69. The molecule has 136 valence electrons. The van der Waals surface area contributed by atoms with Crippen LogP contribution in [0.15, 0.2) is 18.6 Å². The van der Waals surface area contributed by atoms with Crippen LogP contribution in [0.25, 0.3) is 0 Å². The molecule has 8 nitrogen and oxygen atoms in total. The van der Waals surface area contributed by atoms with Gasteiger partial charge in [-0.1, -0.05) is 0 Å². The normalized spacial score (nSPS) is 21.3. The quantitative estimate of drug-likeness (QED) is 0.873. The minimum atomic E-state index is -0.170. The van der Waals surface area contributed by atoms with Gasteiger partial charge in [-0.05, 0) is 32.4 Å². The molecule has 2 aromatic rings. The van der Waals surface area contributed by atoms with Crippen LogP contribution in [0.5, 0.6) is 5.88 Å². The van der Waals surface area contributed by atoms with Crippen molar-refractivity contribution in [2.24, 2.45) is 20.0 Å². The fourth-order valence-corrected chi connectivity index (χ4v) is 3.66. The average molecular weight is 346 g/mol. The Morgan fingerprint density at radius 2 is 2.20 bits per heavy atom. The summed E-state index contributed by atoms with van der Waals surface area (Å²) < 4.78 is 8.79. The number of ether oxygens (including phenoxy) is 1. The van der Waals surface area contributed by atoms with E-state index in [4.69, 9.17) is 4.74 Å². The molecule has 3 heterocycles. The number of hydrogen-bond donors (Lipinski definition) is 1. The lowest BCUT2D eigenvalue weighted by Gasteiger charge is -2.39. The first-order chi connectivity index (χ1) is 12.0. The van der Waals surface area contributed by atoms with E-state index in [0.29, 0.717) is 24.0 Å². The number of nitrogens with zero attached hydrogens (tertiary/aromatic N) is 5. The first-order valence-corrected chi connectivity index (χ1v) is 8.54. The van der Waals surface area contributed by atoms with Crippen molar-refractivity contribution in [3.8, 4) is 5.88 Å². The van der Waals surface area contributed by atoms with Gasteiger partial charge in [-0.3, -0.25) is 9.69 Å². The van der Waals surface area contributed by atoms with Crippen LogP contribution in [-0.2, 0) is 14.1 Å². The van der Waals surface area contributed by atoms with Crippen LogP contribution in [0, 0.1) is 5.92 Å². The number of piperidine rings is 1. The summed E-state index contributed by atoms with van der Waals surface area (Å²) in [6.07, 6.45) is 5.95. The van der Waals surface area contributed by atoms with Gasteiger partial charge >= 0.3 is 0 Å². The number of imidazole rings is 1. The lowest BCUT2D eigenvalue weighted by atomic mass is 9.87. The molecule has 0 spiro atoms. The summed E-state index contributed by atoms with van der Waals surface area (Å²) in [5.41, 5.74) is 1.56. The molecule has 0 aromatic carbocycles. The van der Waals surface area contributed by atoms with Crippen LogP contribution < -0.4 is 10.1 Å². The number of likely N-dealkylation sites (tertiary alicyclic amines) is 1. The van der Waals surface area contributed by atoms with E-state index in [2.05, 4.69) is 31.9 Å². The van der Waals surface area contributed by atoms with Crippen molar-refractivity contribution >= 4 is 5.91 Å². The molecule has 25 heavy (non-hydrogen) atoms. The number of amides is 1. The van der Waals surface area contributed by atoms with Gasteiger partial charge in [0.2, 0.25) is 5.88 Å². The van der Waals surface area contributed by atoms with E-state index in [-0.39, 0.29) is 11.9 Å². The summed E-state index contributed by atoms with van der Waals surface area (Å²) in [6, 6.07) is 1.90. The predicted octanol–water partition coefficient (Wildman–Crippen LogP) is 0.975. The van der Waals surface area contributed by atoms with Crippen LogP contribution >= 0.6 is 0 Å². The number of rotatable bonds is 5. The number of hydrogen-bond acceptors (Lipinski definition) is 5. The third kappa shape index (κ3) is 3.53. The molecule has 0 aliphatic carbocycles. The molecule has 2 atom stereocenters. The highest BCUT2D eigenvalue weighted by Gasteiger charge is 2.32. The summed E-state index contributed by atoms with van der Waals surface area (Å²) in [5, 5.41) is 7.24. The second-order valence-electron chi connectivity index (χ2n) is 6.66. The van der Waals surface area contributed by atoms with Crippen molar-refractivity contribution in [3.05, 3.63) is 30.0 Å². The molecule has 3 rings (SSSR count). The van der Waals surface area contributed by atoms with E-state index in [1.807, 2.05) is 19.6 Å². The van der Waals surface area contributed by atoms with Crippen LogP contribution in [0.4, 0.5) is 0 Å². The van der Waals surface area contributed by atoms with Crippen LogP contribution in [-0.4, -0.2) is 57.4 Å². The van der Waals surface area contributed by atoms with Gasteiger partial charge in [0.15, 0.2) is 5.69 Å². The van der Waals surface area contributed by atoms with Crippen molar-refractivity contribution in [1.82, 2.24) is 29.5 Å². The lowest BCUT2D eigenvalue weighted by molar-refractivity contribution is 0.0877. The molecule has 1 aliphatic rings. The fraction of sp³-hybridized carbons (Fsp3) is 0.588. The minimum absolute atomic E-state index is 0.170. The van der Waals surface area contributed by atoms with Gasteiger partial charge in [0.05, 0.1) is 25.2 Å². The number of carbonyl (C=O) groups is 1. The minimum Gasteiger partial charge on any atom is -0.481 e. The second-order valence-corrected chi connectivity index (χ2v) is 6.66. The largest absolute Gasteiger partial charge is 0.481 e. The van der Waals surface area contributed by atoms with Crippen molar-refractivity contribution in [2.75, 3.05) is 27.2 Å². The SMILES string of the molecule is COc1cc(C(=O)NC[C@@H]2CCCN(C)[C@H]2c2cncn2C)nn1C. The maximum absolute atomic E-state index is 12.4. The standard InChI is InChI=1S/C17H26N6O2/c1-21-7-5-6-12(16(21)14-10-18-11-22(14)2)9-19-17(24)13-8-15(25-4)23(3)20-13/h8,10-12,16H,5-7,9H2,1-4H3,(H,19,24)/t12-,16+/m0/s1. The molecule has 0 saturated carbocycles. The zero-order chi connectivity index (χ0) is 18.0. The van der Waals surface area contributed by atoms with Crippen molar-refractivity contribution in [3.63, 3.8) is 0 Å². The third-order valence-corrected chi connectivity index (χ3v) is 4.97. The smallest absolute Gasteiger partial charge is 0.271 e.